The quantitative estimate of drug-likeness (QED) is 0.807. The van der Waals surface area contributed by atoms with Gasteiger partial charge in [0.15, 0.2) is 0 Å². The van der Waals surface area contributed by atoms with Gasteiger partial charge in [-0.1, -0.05) is 39.3 Å². The van der Waals surface area contributed by atoms with Crippen molar-refractivity contribution in [2.24, 2.45) is 5.41 Å². The van der Waals surface area contributed by atoms with Crippen LogP contribution < -0.4 is 5.32 Å². The van der Waals surface area contributed by atoms with E-state index in [1.807, 2.05) is 0 Å². The van der Waals surface area contributed by atoms with E-state index in [1.54, 1.807) is 12.1 Å². The number of nitrogens with one attached hydrogen (secondary N) is 1. The van der Waals surface area contributed by atoms with E-state index >= 15 is 0 Å². The van der Waals surface area contributed by atoms with Crippen molar-refractivity contribution >= 4 is 11.6 Å². The van der Waals surface area contributed by atoms with Crippen LogP contribution in [0.5, 0.6) is 0 Å². The first-order valence-electron chi connectivity index (χ1n) is 6.47. The highest BCUT2D eigenvalue weighted by molar-refractivity contribution is 6.31. The average Bonchev–Trinajstić information content (AvgIpc) is 2.22. The Bertz CT molecular complexity index is 388. The summed E-state index contributed by atoms with van der Waals surface area (Å²) in [4.78, 5) is 0. The van der Waals surface area contributed by atoms with Crippen LogP contribution >= 0.6 is 11.6 Å². The minimum absolute atomic E-state index is 0.110. The Morgan fingerprint density at radius 3 is 2.61 bits per heavy atom. The van der Waals surface area contributed by atoms with Crippen LogP contribution in [0.1, 0.15) is 39.7 Å². The summed E-state index contributed by atoms with van der Waals surface area (Å²) in [5, 5.41) is 4.06. The Hall–Kier alpha value is -0.600. The minimum atomic E-state index is -0.217. The van der Waals surface area contributed by atoms with Crippen molar-refractivity contribution < 1.29 is 4.39 Å². The Morgan fingerprint density at radius 1 is 1.33 bits per heavy atom. The first-order chi connectivity index (χ1) is 8.30. The molecule has 0 amide bonds. The second-order valence-corrected chi connectivity index (χ2v) is 6.34. The largest absolute Gasteiger partial charge is 0.315 e. The van der Waals surface area contributed by atoms with Crippen LogP contribution in [0.4, 0.5) is 4.39 Å². The molecule has 3 heteroatoms. The molecular formula is C15H23ClFN. The number of benzene rings is 1. The SMILES string of the molecule is CC(C)NCCC(C)(C)Cc1cc(F)ccc1Cl. The molecule has 0 unspecified atom stereocenters. The normalized spacial score (nSPS) is 12.2. The summed E-state index contributed by atoms with van der Waals surface area (Å²) in [6.45, 7) is 9.62. The number of rotatable bonds is 6. The molecule has 1 aromatic rings. The molecule has 0 aliphatic heterocycles. The highest BCUT2D eigenvalue weighted by Gasteiger charge is 2.20. The van der Waals surface area contributed by atoms with Gasteiger partial charge in [-0.05, 0) is 48.6 Å². The van der Waals surface area contributed by atoms with Gasteiger partial charge < -0.3 is 5.32 Å². The highest BCUT2D eigenvalue weighted by atomic mass is 35.5. The molecule has 0 saturated carbocycles. The van der Waals surface area contributed by atoms with E-state index in [1.165, 1.54) is 6.07 Å². The Balaban J connectivity index is 2.61. The van der Waals surface area contributed by atoms with Crippen molar-refractivity contribution in [3.05, 3.63) is 34.6 Å². The van der Waals surface area contributed by atoms with Crippen molar-refractivity contribution in [2.75, 3.05) is 6.54 Å². The van der Waals surface area contributed by atoms with Gasteiger partial charge in [0.1, 0.15) is 5.82 Å². The van der Waals surface area contributed by atoms with Gasteiger partial charge in [-0.15, -0.1) is 0 Å². The summed E-state index contributed by atoms with van der Waals surface area (Å²) in [5.41, 5.74) is 1.01. The zero-order chi connectivity index (χ0) is 13.8. The summed E-state index contributed by atoms with van der Waals surface area (Å²) >= 11 is 6.10. The molecular weight excluding hydrogens is 249 g/mol. The van der Waals surface area contributed by atoms with Gasteiger partial charge in [0, 0.05) is 11.1 Å². The van der Waals surface area contributed by atoms with Crippen LogP contribution in [-0.4, -0.2) is 12.6 Å². The molecule has 0 atom stereocenters. The molecule has 0 saturated heterocycles. The van der Waals surface area contributed by atoms with E-state index in [9.17, 15) is 4.39 Å². The van der Waals surface area contributed by atoms with Gasteiger partial charge in [0.25, 0.3) is 0 Å². The smallest absolute Gasteiger partial charge is 0.123 e. The lowest BCUT2D eigenvalue weighted by molar-refractivity contribution is 0.320. The maximum absolute atomic E-state index is 13.2. The summed E-state index contributed by atoms with van der Waals surface area (Å²) in [6, 6.07) is 5.08. The third-order valence-corrected chi connectivity index (χ3v) is 3.40. The Labute approximate surface area is 115 Å². The van der Waals surface area contributed by atoms with Crippen LogP contribution in [0.15, 0.2) is 18.2 Å². The van der Waals surface area contributed by atoms with Crippen molar-refractivity contribution in [3.8, 4) is 0 Å². The molecule has 1 rings (SSSR count). The third kappa shape index (κ3) is 5.36. The zero-order valence-corrected chi connectivity index (χ0v) is 12.4. The molecule has 0 radical (unpaired) electrons. The van der Waals surface area contributed by atoms with E-state index in [-0.39, 0.29) is 11.2 Å². The van der Waals surface area contributed by atoms with Crippen LogP contribution in [0.2, 0.25) is 5.02 Å². The standard InChI is InChI=1S/C15H23ClFN/c1-11(2)18-8-7-15(3,4)10-12-9-13(17)5-6-14(12)16/h5-6,9,11,18H,7-8,10H2,1-4H3. The molecule has 0 fully saturated rings. The fourth-order valence-corrected chi connectivity index (χ4v) is 2.17. The molecule has 102 valence electrons. The van der Waals surface area contributed by atoms with Crippen molar-refractivity contribution in [1.82, 2.24) is 5.32 Å². The highest BCUT2D eigenvalue weighted by Crippen LogP contribution is 2.29. The molecule has 0 aliphatic carbocycles. The molecule has 0 aromatic heterocycles. The van der Waals surface area contributed by atoms with Gasteiger partial charge in [-0.25, -0.2) is 4.39 Å². The summed E-state index contributed by atoms with van der Waals surface area (Å²) in [5.74, 6) is -0.217. The Kier molecular flexibility index (Phi) is 5.61. The number of hydrogen-bond acceptors (Lipinski definition) is 1. The second kappa shape index (κ2) is 6.53. The Morgan fingerprint density at radius 2 is 2.00 bits per heavy atom. The predicted molar refractivity (Wildman–Crippen MR) is 76.7 cm³/mol. The summed E-state index contributed by atoms with van der Waals surface area (Å²) in [6.07, 6.45) is 1.83. The molecule has 0 aliphatic rings. The molecule has 1 N–H and O–H groups in total. The number of halogens is 2. The van der Waals surface area contributed by atoms with Gasteiger partial charge in [-0.3, -0.25) is 0 Å². The molecule has 1 aromatic carbocycles. The van der Waals surface area contributed by atoms with E-state index in [0.29, 0.717) is 11.1 Å². The van der Waals surface area contributed by atoms with Crippen LogP contribution in [-0.2, 0) is 6.42 Å². The molecule has 18 heavy (non-hydrogen) atoms. The van der Waals surface area contributed by atoms with Crippen molar-refractivity contribution in [1.29, 1.82) is 0 Å². The summed E-state index contributed by atoms with van der Waals surface area (Å²) < 4.78 is 13.2. The van der Waals surface area contributed by atoms with E-state index in [0.717, 1.165) is 24.9 Å². The first kappa shape index (κ1) is 15.5. The fourth-order valence-electron chi connectivity index (χ4n) is 1.98. The van der Waals surface area contributed by atoms with Gasteiger partial charge in [-0.2, -0.15) is 0 Å². The monoisotopic (exact) mass is 271 g/mol. The summed E-state index contributed by atoms with van der Waals surface area (Å²) in [7, 11) is 0. The zero-order valence-electron chi connectivity index (χ0n) is 11.7. The minimum Gasteiger partial charge on any atom is -0.315 e. The lowest BCUT2D eigenvalue weighted by atomic mass is 9.82. The average molecular weight is 272 g/mol. The van der Waals surface area contributed by atoms with Gasteiger partial charge >= 0.3 is 0 Å². The topological polar surface area (TPSA) is 12.0 Å². The maximum Gasteiger partial charge on any atom is 0.123 e. The van der Waals surface area contributed by atoms with Crippen molar-refractivity contribution in [2.45, 2.75) is 46.6 Å². The fraction of sp³-hybridized carbons (Fsp3) is 0.600. The maximum atomic E-state index is 13.2. The predicted octanol–water partition coefficient (Wildman–Crippen LogP) is 4.44. The van der Waals surface area contributed by atoms with Gasteiger partial charge in [0.05, 0.1) is 0 Å². The van der Waals surface area contributed by atoms with E-state index in [2.05, 4.69) is 33.0 Å². The lowest BCUT2D eigenvalue weighted by Gasteiger charge is -2.26. The second-order valence-electron chi connectivity index (χ2n) is 5.94. The molecule has 0 heterocycles. The molecule has 0 bridgehead atoms. The third-order valence-electron chi connectivity index (χ3n) is 3.03. The van der Waals surface area contributed by atoms with E-state index < -0.39 is 0 Å². The van der Waals surface area contributed by atoms with Crippen molar-refractivity contribution in [3.63, 3.8) is 0 Å². The molecule has 0 spiro atoms. The lowest BCUT2D eigenvalue weighted by Crippen LogP contribution is -2.28. The van der Waals surface area contributed by atoms with Crippen LogP contribution in [0.25, 0.3) is 0 Å². The number of hydrogen-bond donors (Lipinski definition) is 1. The molecule has 1 nitrogen and oxygen atoms in total. The first-order valence-corrected chi connectivity index (χ1v) is 6.85. The van der Waals surface area contributed by atoms with Crippen LogP contribution in [0, 0.1) is 11.2 Å². The van der Waals surface area contributed by atoms with Gasteiger partial charge in [0.2, 0.25) is 0 Å². The van der Waals surface area contributed by atoms with E-state index in [4.69, 9.17) is 11.6 Å². The van der Waals surface area contributed by atoms with Crippen LogP contribution in [0.3, 0.4) is 0 Å².